The number of hydrogen-bond acceptors (Lipinski definition) is 3. The van der Waals surface area contributed by atoms with Crippen LogP contribution in [0, 0.1) is 6.92 Å². The first-order chi connectivity index (χ1) is 12.7. The Morgan fingerprint density at radius 3 is 2.73 bits per heavy atom. The fourth-order valence-electron chi connectivity index (χ4n) is 4.25. The molecule has 136 valence electrons. The van der Waals surface area contributed by atoms with Gasteiger partial charge in [0.05, 0.1) is 5.69 Å². The summed E-state index contributed by atoms with van der Waals surface area (Å²) in [6.45, 7) is 6.52. The van der Waals surface area contributed by atoms with Crippen LogP contribution in [0.15, 0.2) is 42.6 Å². The highest BCUT2D eigenvalue weighted by atomic mass is 16.2. The zero-order valence-corrected chi connectivity index (χ0v) is 15.5. The molecule has 1 fully saturated rings. The van der Waals surface area contributed by atoms with Crippen LogP contribution in [-0.4, -0.2) is 46.9 Å². The van der Waals surface area contributed by atoms with Crippen molar-refractivity contribution >= 4 is 5.91 Å². The lowest BCUT2D eigenvalue weighted by Crippen LogP contribution is -2.48. The molecule has 2 heterocycles. The van der Waals surface area contributed by atoms with Gasteiger partial charge < -0.3 is 4.90 Å². The molecule has 0 N–H and O–H groups in total. The summed E-state index contributed by atoms with van der Waals surface area (Å²) in [4.78, 5) is 21.7. The number of piperazine rings is 1. The molecule has 1 saturated heterocycles. The molecule has 1 aliphatic heterocycles. The Bertz CT molecular complexity index is 780. The topological polar surface area (TPSA) is 36.4 Å². The maximum Gasteiger partial charge on any atom is 0.223 e. The van der Waals surface area contributed by atoms with Crippen molar-refractivity contribution in [3.63, 3.8) is 0 Å². The average Bonchev–Trinajstić information content (AvgIpc) is 3.07. The normalized spacial score (nSPS) is 20.2. The Labute approximate surface area is 155 Å². The standard InChI is InChI=1S/C22H27N3O/c1-17-5-4-10-23-21(17)16-24-11-13-25(14-12-24)22(26)15-19-9-8-18-6-2-3-7-20(18)19/h2-7,10,19H,8-9,11-16H2,1H3. The fraction of sp³-hybridized carbons (Fsp3) is 0.455. The minimum absolute atomic E-state index is 0.320. The highest BCUT2D eigenvalue weighted by Gasteiger charge is 2.28. The van der Waals surface area contributed by atoms with Crippen LogP contribution < -0.4 is 0 Å². The predicted molar refractivity (Wildman–Crippen MR) is 103 cm³/mol. The van der Waals surface area contributed by atoms with Crippen molar-refractivity contribution in [2.75, 3.05) is 26.2 Å². The zero-order chi connectivity index (χ0) is 17.9. The molecular formula is C22H27N3O. The van der Waals surface area contributed by atoms with E-state index >= 15 is 0 Å². The van der Waals surface area contributed by atoms with Gasteiger partial charge in [0.2, 0.25) is 5.91 Å². The van der Waals surface area contributed by atoms with Gasteiger partial charge in [-0.2, -0.15) is 0 Å². The maximum atomic E-state index is 12.8. The van der Waals surface area contributed by atoms with Gasteiger partial charge in [0.25, 0.3) is 0 Å². The molecule has 4 heteroatoms. The number of fused-ring (bicyclic) bond motifs is 1. The van der Waals surface area contributed by atoms with Crippen molar-refractivity contribution in [3.8, 4) is 0 Å². The summed E-state index contributed by atoms with van der Waals surface area (Å²) in [6.07, 6.45) is 4.76. The number of amides is 1. The molecule has 2 aliphatic rings. The number of aromatic nitrogens is 1. The SMILES string of the molecule is Cc1cccnc1CN1CCN(C(=O)CC2CCc3ccccc32)CC1. The summed E-state index contributed by atoms with van der Waals surface area (Å²) in [5.41, 5.74) is 5.21. The van der Waals surface area contributed by atoms with Gasteiger partial charge in [0, 0.05) is 45.3 Å². The molecule has 1 aromatic heterocycles. The monoisotopic (exact) mass is 349 g/mol. The van der Waals surface area contributed by atoms with Crippen molar-refractivity contribution in [1.82, 2.24) is 14.8 Å². The van der Waals surface area contributed by atoms with Gasteiger partial charge in [0.1, 0.15) is 0 Å². The molecule has 4 rings (SSSR count). The van der Waals surface area contributed by atoms with E-state index in [0.717, 1.165) is 51.3 Å². The summed E-state index contributed by atoms with van der Waals surface area (Å²) in [7, 11) is 0. The van der Waals surface area contributed by atoms with Crippen LogP contribution in [-0.2, 0) is 17.8 Å². The van der Waals surface area contributed by atoms with E-state index in [4.69, 9.17) is 0 Å². The Morgan fingerprint density at radius 2 is 1.92 bits per heavy atom. The summed E-state index contributed by atoms with van der Waals surface area (Å²) < 4.78 is 0. The number of aryl methyl sites for hydroxylation is 2. The number of nitrogens with zero attached hydrogens (tertiary/aromatic N) is 3. The molecule has 0 spiro atoms. The molecule has 1 atom stereocenters. The molecule has 0 saturated carbocycles. The summed E-state index contributed by atoms with van der Waals surface area (Å²) in [5.74, 6) is 0.730. The minimum Gasteiger partial charge on any atom is -0.340 e. The second-order valence-corrected chi connectivity index (χ2v) is 7.56. The molecule has 26 heavy (non-hydrogen) atoms. The fourth-order valence-corrected chi connectivity index (χ4v) is 4.25. The Balaban J connectivity index is 1.30. The lowest BCUT2D eigenvalue weighted by molar-refractivity contribution is -0.133. The van der Waals surface area contributed by atoms with Gasteiger partial charge in [-0.05, 0) is 48.4 Å². The number of carbonyl (C=O) groups is 1. The number of benzene rings is 1. The van der Waals surface area contributed by atoms with E-state index in [1.54, 1.807) is 0 Å². The third-order valence-corrected chi connectivity index (χ3v) is 5.89. The highest BCUT2D eigenvalue weighted by molar-refractivity contribution is 5.77. The van der Waals surface area contributed by atoms with E-state index in [9.17, 15) is 4.79 Å². The molecule has 4 nitrogen and oxygen atoms in total. The van der Waals surface area contributed by atoms with Crippen molar-refractivity contribution in [2.45, 2.75) is 38.6 Å². The van der Waals surface area contributed by atoms with Crippen LogP contribution >= 0.6 is 0 Å². The predicted octanol–water partition coefficient (Wildman–Crippen LogP) is 3.15. The minimum atomic E-state index is 0.320. The van der Waals surface area contributed by atoms with Crippen molar-refractivity contribution in [2.24, 2.45) is 0 Å². The molecule has 0 radical (unpaired) electrons. The average molecular weight is 349 g/mol. The first-order valence-corrected chi connectivity index (χ1v) is 9.69. The second kappa shape index (κ2) is 7.58. The lowest BCUT2D eigenvalue weighted by atomic mass is 9.97. The molecule has 1 unspecified atom stereocenters. The van der Waals surface area contributed by atoms with Crippen LogP contribution in [0.2, 0.25) is 0 Å². The van der Waals surface area contributed by atoms with Crippen LogP contribution in [0.4, 0.5) is 0 Å². The van der Waals surface area contributed by atoms with Crippen LogP contribution in [0.1, 0.15) is 41.1 Å². The third-order valence-electron chi connectivity index (χ3n) is 5.89. The quantitative estimate of drug-likeness (QED) is 0.851. The van der Waals surface area contributed by atoms with E-state index in [1.165, 1.54) is 16.7 Å². The molecule has 0 bridgehead atoms. The summed E-state index contributed by atoms with van der Waals surface area (Å²) in [5, 5.41) is 0. The van der Waals surface area contributed by atoms with Crippen molar-refractivity contribution in [3.05, 3.63) is 65.0 Å². The van der Waals surface area contributed by atoms with Crippen molar-refractivity contribution < 1.29 is 4.79 Å². The van der Waals surface area contributed by atoms with Crippen LogP contribution in [0.5, 0.6) is 0 Å². The van der Waals surface area contributed by atoms with E-state index in [-0.39, 0.29) is 0 Å². The molecule has 1 aromatic carbocycles. The zero-order valence-electron chi connectivity index (χ0n) is 15.5. The smallest absolute Gasteiger partial charge is 0.223 e. The number of carbonyl (C=O) groups excluding carboxylic acids is 1. The van der Waals surface area contributed by atoms with Crippen molar-refractivity contribution in [1.29, 1.82) is 0 Å². The second-order valence-electron chi connectivity index (χ2n) is 7.56. The number of pyridine rings is 1. The molecule has 1 aliphatic carbocycles. The van der Waals surface area contributed by atoms with Crippen LogP contribution in [0.25, 0.3) is 0 Å². The molecule has 2 aromatic rings. The Hall–Kier alpha value is -2.20. The van der Waals surface area contributed by atoms with E-state index < -0.39 is 0 Å². The first-order valence-electron chi connectivity index (χ1n) is 9.69. The van der Waals surface area contributed by atoms with E-state index in [1.807, 2.05) is 12.3 Å². The third kappa shape index (κ3) is 3.65. The van der Waals surface area contributed by atoms with Gasteiger partial charge in [-0.1, -0.05) is 30.3 Å². The summed E-state index contributed by atoms with van der Waals surface area (Å²) >= 11 is 0. The van der Waals surface area contributed by atoms with Gasteiger partial charge in [-0.3, -0.25) is 14.7 Å². The Morgan fingerprint density at radius 1 is 1.12 bits per heavy atom. The van der Waals surface area contributed by atoms with Gasteiger partial charge in [0.15, 0.2) is 0 Å². The molecular weight excluding hydrogens is 322 g/mol. The lowest BCUT2D eigenvalue weighted by Gasteiger charge is -2.35. The van der Waals surface area contributed by atoms with Gasteiger partial charge >= 0.3 is 0 Å². The summed E-state index contributed by atoms with van der Waals surface area (Å²) in [6, 6.07) is 12.7. The Kier molecular flexibility index (Phi) is 5.02. The van der Waals surface area contributed by atoms with Crippen LogP contribution in [0.3, 0.4) is 0 Å². The largest absolute Gasteiger partial charge is 0.340 e. The number of hydrogen-bond donors (Lipinski definition) is 0. The van der Waals surface area contributed by atoms with E-state index in [0.29, 0.717) is 18.2 Å². The first kappa shape index (κ1) is 17.2. The van der Waals surface area contributed by atoms with Gasteiger partial charge in [-0.25, -0.2) is 0 Å². The maximum absolute atomic E-state index is 12.8. The number of rotatable bonds is 4. The van der Waals surface area contributed by atoms with Gasteiger partial charge in [-0.15, -0.1) is 0 Å². The van der Waals surface area contributed by atoms with E-state index in [2.05, 4.69) is 52.0 Å². The highest BCUT2D eigenvalue weighted by Crippen LogP contribution is 2.35. The molecule has 1 amide bonds.